The van der Waals surface area contributed by atoms with Crippen molar-refractivity contribution in [2.45, 2.75) is 12.8 Å². The van der Waals surface area contributed by atoms with Crippen LogP contribution in [-0.4, -0.2) is 5.91 Å². The number of amides is 1. The fraction of sp³-hybridized carbons (Fsp3) is 0.444. The van der Waals surface area contributed by atoms with E-state index in [0.29, 0.717) is 5.92 Å². The summed E-state index contributed by atoms with van der Waals surface area (Å²) < 4.78 is 0. The lowest BCUT2D eigenvalue weighted by Gasteiger charge is -2.27. The molecule has 0 saturated carbocycles. The maximum absolute atomic E-state index is 11.2. The van der Waals surface area contributed by atoms with Crippen LogP contribution in [0.3, 0.4) is 0 Å². The van der Waals surface area contributed by atoms with Crippen molar-refractivity contribution in [2.75, 3.05) is 0 Å². The number of allylic oxidation sites excluding steroid dienone is 3. The number of hydrogen-bond donors (Lipinski definition) is 1. The highest BCUT2D eigenvalue weighted by atomic mass is 16.1. The second-order valence-electron chi connectivity index (χ2n) is 3.08. The molecule has 1 aliphatic carbocycles. The number of rotatable bonds is 0. The lowest BCUT2D eigenvalue weighted by Crippen LogP contribution is -2.35. The Kier molecular flexibility index (Phi) is 1.53. The number of fused-ring (bicyclic) bond motifs is 1. The standard InChI is InChI=1S/C9H11NO/c11-9-8-4-2-1-3-7(8)5-6-10-9/h1-2,5-8H,3-4H2,(H,10,11)/t7-,8+/m0/s1. The number of carbonyl (C=O) groups excluding carboxylic acids is 1. The van der Waals surface area contributed by atoms with Crippen LogP contribution in [0.15, 0.2) is 24.4 Å². The Morgan fingerprint density at radius 2 is 2.18 bits per heavy atom. The van der Waals surface area contributed by atoms with Crippen molar-refractivity contribution in [1.82, 2.24) is 5.32 Å². The van der Waals surface area contributed by atoms with Gasteiger partial charge in [-0.25, -0.2) is 0 Å². The van der Waals surface area contributed by atoms with E-state index in [4.69, 9.17) is 0 Å². The highest BCUT2D eigenvalue weighted by molar-refractivity contribution is 5.81. The molecule has 0 unspecified atom stereocenters. The molecule has 0 aromatic rings. The van der Waals surface area contributed by atoms with Gasteiger partial charge in [-0.2, -0.15) is 0 Å². The molecule has 58 valence electrons. The number of carbonyl (C=O) groups is 1. The molecule has 1 amide bonds. The second kappa shape index (κ2) is 2.53. The van der Waals surface area contributed by atoms with Crippen LogP contribution in [0.5, 0.6) is 0 Å². The van der Waals surface area contributed by atoms with E-state index in [-0.39, 0.29) is 11.8 Å². The van der Waals surface area contributed by atoms with E-state index in [1.165, 1.54) is 0 Å². The molecule has 11 heavy (non-hydrogen) atoms. The second-order valence-corrected chi connectivity index (χ2v) is 3.08. The normalized spacial score (nSPS) is 34.7. The van der Waals surface area contributed by atoms with Crippen LogP contribution in [0.4, 0.5) is 0 Å². The summed E-state index contributed by atoms with van der Waals surface area (Å²) >= 11 is 0. The molecule has 2 aliphatic rings. The zero-order chi connectivity index (χ0) is 7.68. The Labute approximate surface area is 66.0 Å². The number of nitrogens with one attached hydrogen (secondary N) is 1. The van der Waals surface area contributed by atoms with E-state index in [9.17, 15) is 4.79 Å². The van der Waals surface area contributed by atoms with Crippen molar-refractivity contribution in [2.24, 2.45) is 11.8 Å². The maximum Gasteiger partial charge on any atom is 0.227 e. The lowest BCUT2D eigenvalue weighted by atomic mass is 9.81. The predicted octanol–water partition coefficient (Wildman–Crippen LogP) is 1.21. The Morgan fingerprint density at radius 1 is 1.36 bits per heavy atom. The van der Waals surface area contributed by atoms with Gasteiger partial charge >= 0.3 is 0 Å². The SMILES string of the molecule is O=C1NC=C[C@@H]2CC=CC[C@@H]12. The van der Waals surface area contributed by atoms with Gasteiger partial charge < -0.3 is 5.32 Å². The van der Waals surface area contributed by atoms with E-state index in [1.54, 1.807) is 6.20 Å². The zero-order valence-electron chi connectivity index (χ0n) is 6.29. The molecule has 2 nitrogen and oxygen atoms in total. The molecule has 0 spiro atoms. The van der Waals surface area contributed by atoms with E-state index in [2.05, 4.69) is 23.5 Å². The monoisotopic (exact) mass is 149 g/mol. The zero-order valence-corrected chi connectivity index (χ0v) is 6.29. The Bertz CT molecular complexity index is 230. The third kappa shape index (κ3) is 1.09. The van der Waals surface area contributed by atoms with Crippen molar-refractivity contribution < 1.29 is 4.79 Å². The van der Waals surface area contributed by atoms with Gasteiger partial charge in [0.15, 0.2) is 0 Å². The molecule has 0 bridgehead atoms. The molecule has 0 saturated heterocycles. The smallest absolute Gasteiger partial charge is 0.227 e. The van der Waals surface area contributed by atoms with Crippen LogP contribution in [0.2, 0.25) is 0 Å². The average Bonchev–Trinajstić information content (AvgIpc) is 2.06. The summed E-state index contributed by atoms with van der Waals surface area (Å²) in [5.74, 6) is 0.834. The van der Waals surface area contributed by atoms with Gasteiger partial charge in [-0.05, 0) is 18.8 Å². The molecular weight excluding hydrogens is 138 g/mol. The molecule has 0 fully saturated rings. The quantitative estimate of drug-likeness (QED) is 0.515. The molecule has 1 aliphatic heterocycles. The predicted molar refractivity (Wildman–Crippen MR) is 42.6 cm³/mol. The summed E-state index contributed by atoms with van der Waals surface area (Å²) in [4.78, 5) is 11.2. The summed E-state index contributed by atoms with van der Waals surface area (Å²) in [5, 5.41) is 2.73. The molecule has 1 N–H and O–H groups in total. The van der Waals surface area contributed by atoms with Gasteiger partial charge in [-0.1, -0.05) is 18.2 Å². The van der Waals surface area contributed by atoms with E-state index >= 15 is 0 Å². The molecular formula is C9H11NO. The van der Waals surface area contributed by atoms with Gasteiger partial charge in [-0.3, -0.25) is 4.79 Å². The first-order valence-corrected chi connectivity index (χ1v) is 4.00. The van der Waals surface area contributed by atoms with Crippen LogP contribution >= 0.6 is 0 Å². The van der Waals surface area contributed by atoms with Crippen LogP contribution < -0.4 is 5.32 Å². The lowest BCUT2D eigenvalue weighted by molar-refractivity contribution is -0.125. The van der Waals surface area contributed by atoms with Crippen LogP contribution in [-0.2, 0) is 4.79 Å². The van der Waals surface area contributed by atoms with Gasteiger partial charge in [-0.15, -0.1) is 0 Å². The summed E-state index contributed by atoms with van der Waals surface area (Å²) in [6, 6.07) is 0. The first kappa shape index (κ1) is 6.65. The molecule has 0 aromatic heterocycles. The molecule has 0 radical (unpaired) electrons. The van der Waals surface area contributed by atoms with Crippen LogP contribution in [0.25, 0.3) is 0 Å². The summed E-state index contributed by atoms with van der Waals surface area (Å²) in [6.45, 7) is 0. The first-order chi connectivity index (χ1) is 5.38. The number of hydrogen-bond acceptors (Lipinski definition) is 1. The minimum absolute atomic E-state index is 0.182. The Morgan fingerprint density at radius 3 is 3.00 bits per heavy atom. The fourth-order valence-electron chi connectivity index (χ4n) is 1.71. The fourth-order valence-corrected chi connectivity index (χ4v) is 1.71. The Hall–Kier alpha value is -1.05. The van der Waals surface area contributed by atoms with E-state index < -0.39 is 0 Å². The van der Waals surface area contributed by atoms with Crippen molar-refractivity contribution in [1.29, 1.82) is 0 Å². The molecule has 2 heteroatoms. The first-order valence-electron chi connectivity index (χ1n) is 4.00. The van der Waals surface area contributed by atoms with E-state index in [0.717, 1.165) is 12.8 Å². The average molecular weight is 149 g/mol. The molecule has 1 heterocycles. The van der Waals surface area contributed by atoms with Crippen molar-refractivity contribution in [3.05, 3.63) is 24.4 Å². The third-order valence-corrected chi connectivity index (χ3v) is 2.39. The largest absolute Gasteiger partial charge is 0.333 e. The van der Waals surface area contributed by atoms with Crippen molar-refractivity contribution in [3.63, 3.8) is 0 Å². The summed E-state index contributed by atoms with van der Waals surface area (Å²) in [5.41, 5.74) is 0. The molecule has 2 atom stereocenters. The topological polar surface area (TPSA) is 29.1 Å². The van der Waals surface area contributed by atoms with Crippen molar-refractivity contribution in [3.8, 4) is 0 Å². The summed E-state index contributed by atoms with van der Waals surface area (Å²) in [7, 11) is 0. The highest BCUT2D eigenvalue weighted by Gasteiger charge is 2.28. The van der Waals surface area contributed by atoms with Gasteiger partial charge in [0, 0.05) is 12.1 Å². The highest BCUT2D eigenvalue weighted by Crippen LogP contribution is 2.28. The van der Waals surface area contributed by atoms with Crippen LogP contribution in [0.1, 0.15) is 12.8 Å². The van der Waals surface area contributed by atoms with Gasteiger partial charge in [0.2, 0.25) is 5.91 Å². The molecule has 0 aromatic carbocycles. The maximum atomic E-state index is 11.2. The molecule has 2 rings (SSSR count). The minimum Gasteiger partial charge on any atom is -0.333 e. The van der Waals surface area contributed by atoms with Crippen LogP contribution in [0, 0.1) is 11.8 Å². The van der Waals surface area contributed by atoms with Gasteiger partial charge in [0.25, 0.3) is 0 Å². The third-order valence-electron chi connectivity index (χ3n) is 2.39. The Balaban J connectivity index is 2.23. The summed E-state index contributed by atoms with van der Waals surface area (Å²) in [6.07, 6.45) is 10.0. The van der Waals surface area contributed by atoms with Crippen molar-refractivity contribution >= 4 is 5.91 Å². The van der Waals surface area contributed by atoms with E-state index in [1.807, 2.05) is 0 Å². The van der Waals surface area contributed by atoms with Gasteiger partial charge in [0.05, 0.1) is 0 Å². The minimum atomic E-state index is 0.182. The van der Waals surface area contributed by atoms with Gasteiger partial charge in [0.1, 0.15) is 0 Å².